The molecule has 4 rings (SSSR count). The summed E-state index contributed by atoms with van der Waals surface area (Å²) in [4.78, 5) is 25.7. The van der Waals surface area contributed by atoms with Gasteiger partial charge in [0.25, 0.3) is 0 Å². The maximum Gasteiger partial charge on any atom is 0.234 e. The fraction of sp³-hybridized carbons (Fsp3) is 0.682. The van der Waals surface area contributed by atoms with Crippen LogP contribution in [0.4, 0.5) is 0 Å². The molecule has 2 N–H and O–H groups in total. The van der Waals surface area contributed by atoms with E-state index < -0.39 is 0 Å². The van der Waals surface area contributed by atoms with E-state index in [0.717, 1.165) is 63.7 Å². The Morgan fingerprint density at radius 3 is 2.73 bits per heavy atom. The largest absolute Gasteiger partial charge is 0.477 e. The number of rotatable bonds is 9. The first-order valence-corrected chi connectivity index (χ1v) is 11.3. The van der Waals surface area contributed by atoms with Crippen LogP contribution >= 0.6 is 0 Å². The molecule has 3 fully saturated rings. The van der Waals surface area contributed by atoms with Gasteiger partial charge in [-0.05, 0) is 50.2 Å². The van der Waals surface area contributed by atoms with E-state index in [-0.39, 0.29) is 5.91 Å². The number of nitrogens with one attached hydrogen (secondary N) is 2. The van der Waals surface area contributed by atoms with Crippen LogP contribution in [0.3, 0.4) is 0 Å². The normalized spacial score (nSPS) is 20.2. The summed E-state index contributed by atoms with van der Waals surface area (Å²) in [7, 11) is 0. The fourth-order valence-corrected chi connectivity index (χ4v) is 3.53. The van der Waals surface area contributed by atoms with E-state index in [4.69, 9.17) is 9.73 Å². The second-order valence-corrected chi connectivity index (χ2v) is 8.53. The Balaban J connectivity index is 1.27. The number of hydrogen-bond acceptors (Lipinski definition) is 5. The molecule has 2 aliphatic carbocycles. The first-order valence-electron chi connectivity index (χ1n) is 11.3. The lowest BCUT2D eigenvalue weighted by Gasteiger charge is -2.36. The van der Waals surface area contributed by atoms with Gasteiger partial charge in [-0.15, -0.1) is 0 Å². The molecule has 1 aromatic rings. The summed E-state index contributed by atoms with van der Waals surface area (Å²) in [5, 5.41) is 6.48. The Kier molecular flexibility index (Phi) is 7.04. The summed E-state index contributed by atoms with van der Waals surface area (Å²) in [6, 6.07) is 4.42. The molecule has 0 radical (unpaired) electrons. The number of carbonyl (C=O) groups excluding carboxylic acids is 1. The van der Waals surface area contributed by atoms with Crippen LogP contribution in [0.15, 0.2) is 23.3 Å². The number of pyridine rings is 1. The van der Waals surface area contributed by atoms with Crippen molar-refractivity contribution in [1.82, 2.24) is 25.4 Å². The third-order valence-electron chi connectivity index (χ3n) is 5.69. The van der Waals surface area contributed by atoms with E-state index in [1.165, 1.54) is 12.8 Å². The number of aliphatic imine (C=N–C) groups is 1. The number of ether oxygens (including phenoxy) is 1. The van der Waals surface area contributed by atoms with E-state index in [1.807, 2.05) is 12.1 Å². The standard InChI is InChI=1S/C22H34N6O2/c1-2-23-22(25-14-18-7-8-24-21(13-18)30-16-17-3-4-17)28-11-9-27(10-12-28)15-20(29)26-19-5-6-19/h7-8,13,17,19H,2-6,9-12,14-16H2,1H3,(H,23,25)(H,26,29). The molecule has 2 heterocycles. The third-order valence-corrected chi connectivity index (χ3v) is 5.69. The first-order chi connectivity index (χ1) is 14.7. The van der Waals surface area contributed by atoms with E-state index in [9.17, 15) is 4.79 Å². The van der Waals surface area contributed by atoms with Gasteiger partial charge in [-0.2, -0.15) is 0 Å². The molecule has 0 spiro atoms. The molecule has 0 bridgehead atoms. The van der Waals surface area contributed by atoms with Crippen molar-refractivity contribution in [3.05, 3.63) is 23.9 Å². The molecule has 1 amide bonds. The Morgan fingerprint density at radius 1 is 1.23 bits per heavy atom. The van der Waals surface area contributed by atoms with Crippen LogP contribution in [0, 0.1) is 5.92 Å². The topological polar surface area (TPSA) is 82.1 Å². The van der Waals surface area contributed by atoms with Crippen molar-refractivity contribution in [3.8, 4) is 5.88 Å². The van der Waals surface area contributed by atoms with E-state index in [2.05, 4.69) is 32.3 Å². The van der Waals surface area contributed by atoms with Gasteiger partial charge < -0.3 is 20.3 Å². The van der Waals surface area contributed by atoms with Gasteiger partial charge in [0.05, 0.1) is 19.7 Å². The van der Waals surface area contributed by atoms with Gasteiger partial charge in [0.15, 0.2) is 5.96 Å². The van der Waals surface area contributed by atoms with Gasteiger partial charge in [0.1, 0.15) is 0 Å². The van der Waals surface area contributed by atoms with Crippen molar-refractivity contribution < 1.29 is 9.53 Å². The van der Waals surface area contributed by atoms with Gasteiger partial charge in [-0.25, -0.2) is 9.98 Å². The van der Waals surface area contributed by atoms with Gasteiger partial charge in [-0.3, -0.25) is 9.69 Å². The van der Waals surface area contributed by atoms with Crippen LogP contribution in [0.25, 0.3) is 0 Å². The van der Waals surface area contributed by atoms with Crippen LogP contribution in [0.2, 0.25) is 0 Å². The predicted molar refractivity (Wildman–Crippen MR) is 116 cm³/mol. The quantitative estimate of drug-likeness (QED) is 0.467. The lowest BCUT2D eigenvalue weighted by molar-refractivity contribution is -0.122. The van der Waals surface area contributed by atoms with Crippen LogP contribution in [0.1, 0.15) is 38.2 Å². The van der Waals surface area contributed by atoms with Crippen LogP contribution in [0.5, 0.6) is 5.88 Å². The second kappa shape index (κ2) is 10.1. The van der Waals surface area contributed by atoms with Crippen molar-refractivity contribution in [3.63, 3.8) is 0 Å². The smallest absolute Gasteiger partial charge is 0.234 e. The van der Waals surface area contributed by atoms with Crippen molar-refractivity contribution >= 4 is 11.9 Å². The molecule has 164 valence electrons. The number of aromatic nitrogens is 1. The summed E-state index contributed by atoms with van der Waals surface area (Å²) in [6.07, 6.45) is 6.61. The number of carbonyl (C=O) groups is 1. The summed E-state index contributed by atoms with van der Waals surface area (Å²) in [5.41, 5.74) is 1.10. The number of hydrogen-bond donors (Lipinski definition) is 2. The monoisotopic (exact) mass is 414 g/mol. The lowest BCUT2D eigenvalue weighted by Crippen LogP contribution is -2.54. The number of piperazine rings is 1. The Labute approximate surface area is 179 Å². The highest BCUT2D eigenvalue weighted by atomic mass is 16.5. The SMILES string of the molecule is CCNC(=NCc1ccnc(OCC2CC2)c1)N1CCN(CC(=O)NC2CC2)CC1. The maximum absolute atomic E-state index is 12.0. The minimum Gasteiger partial charge on any atom is -0.477 e. The molecule has 0 unspecified atom stereocenters. The molecule has 1 aliphatic heterocycles. The molecule has 1 saturated heterocycles. The highest BCUT2D eigenvalue weighted by Gasteiger charge is 2.26. The zero-order valence-electron chi connectivity index (χ0n) is 18.0. The van der Waals surface area contributed by atoms with Gasteiger partial charge in [0, 0.05) is 51.0 Å². The minimum atomic E-state index is 0.156. The molecule has 30 heavy (non-hydrogen) atoms. The van der Waals surface area contributed by atoms with Crippen LogP contribution in [-0.2, 0) is 11.3 Å². The van der Waals surface area contributed by atoms with E-state index in [0.29, 0.717) is 30.9 Å². The van der Waals surface area contributed by atoms with Gasteiger partial charge in [0.2, 0.25) is 11.8 Å². The molecule has 3 aliphatic rings. The van der Waals surface area contributed by atoms with Gasteiger partial charge in [-0.1, -0.05) is 0 Å². The first kappa shape index (κ1) is 20.9. The third kappa shape index (κ3) is 6.58. The van der Waals surface area contributed by atoms with E-state index in [1.54, 1.807) is 6.20 Å². The molecular weight excluding hydrogens is 380 g/mol. The molecule has 8 nitrogen and oxygen atoms in total. The number of amides is 1. The van der Waals surface area contributed by atoms with Crippen LogP contribution in [-0.4, -0.2) is 78.6 Å². The molecule has 1 aromatic heterocycles. The summed E-state index contributed by atoms with van der Waals surface area (Å²) in [5.74, 6) is 2.49. The molecule has 2 saturated carbocycles. The highest BCUT2D eigenvalue weighted by Crippen LogP contribution is 2.29. The molecule has 0 aromatic carbocycles. The zero-order valence-corrected chi connectivity index (χ0v) is 18.0. The zero-order chi connectivity index (χ0) is 20.8. The van der Waals surface area contributed by atoms with Crippen molar-refractivity contribution in [2.24, 2.45) is 10.9 Å². The summed E-state index contributed by atoms with van der Waals surface area (Å²) < 4.78 is 5.79. The van der Waals surface area contributed by atoms with Gasteiger partial charge >= 0.3 is 0 Å². The average molecular weight is 415 g/mol. The summed E-state index contributed by atoms with van der Waals surface area (Å²) >= 11 is 0. The summed E-state index contributed by atoms with van der Waals surface area (Å²) in [6.45, 7) is 8.26. The lowest BCUT2D eigenvalue weighted by atomic mass is 10.2. The van der Waals surface area contributed by atoms with Crippen LogP contribution < -0.4 is 15.4 Å². The molecule has 0 atom stereocenters. The molecular formula is C22H34N6O2. The number of guanidine groups is 1. The highest BCUT2D eigenvalue weighted by molar-refractivity contribution is 5.80. The number of nitrogens with zero attached hydrogens (tertiary/aromatic N) is 4. The van der Waals surface area contributed by atoms with Crippen molar-refractivity contribution in [2.75, 3.05) is 45.9 Å². The predicted octanol–water partition coefficient (Wildman–Crippen LogP) is 1.23. The Morgan fingerprint density at radius 2 is 2.03 bits per heavy atom. The maximum atomic E-state index is 12.0. The molecule has 8 heteroatoms. The fourth-order valence-electron chi connectivity index (χ4n) is 3.53. The average Bonchev–Trinajstić information content (AvgIpc) is 3.66. The second-order valence-electron chi connectivity index (χ2n) is 8.53. The van der Waals surface area contributed by atoms with Crippen molar-refractivity contribution in [1.29, 1.82) is 0 Å². The Bertz CT molecular complexity index is 739. The van der Waals surface area contributed by atoms with E-state index >= 15 is 0 Å². The Hall–Kier alpha value is -2.35. The van der Waals surface area contributed by atoms with Crippen molar-refractivity contribution in [2.45, 2.75) is 45.2 Å². The minimum absolute atomic E-state index is 0.156.